The maximum atomic E-state index is 14.8. The van der Waals surface area contributed by atoms with E-state index in [9.17, 15) is 35.0 Å². The van der Waals surface area contributed by atoms with Gasteiger partial charge < -0.3 is 53.5 Å². The van der Waals surface area contributed by atoms with Gasteiger partial charge in [0.15, 0.2) is 0 Å². The molecule has 68 heavy (non-hydrogen) atoms. The van der Waals surface area contributed by atoms with Gasteiger partial charge in [-0.2, -0.15) is 0 Å². The van der Waals surface area contributed by atoms with Gasteiger partial charge in [-0.25, -0.2) is 4.79 Å². The lowest BCUT2D eigenvalue weighted by atomic mass is 9.55. The van der Waals surface area contributed by atoms with Crippen LogP contribution in [0.15, 0.2) is 96.2 Å². The molecule has 1 aliphatic heterocycles. The van der Waals surface area contributed by atoms with Crippen molar-refractivity contribution in [3.63, 3.8) is 0 Å². The number of rotatable bonds is 25. The summed E-state index contributed by atoms with van der Waals surface area (Å²) in [6.45, 7) is 3.91. The average Bonchev–Trinajstić information content (AvgIpc) is 3.34. The normalized spacial score (nSPS) is 22.0. The third-order valence-electron chi connectivity index (χ3n) is 12.6. The number of allylic oxidation sites excluding steroid dienone is 1. The van der Waals surface area contributed by atoms with Gasteiger partial charge in [0.1, 0.15) is 36.1 Å². The lowest BCUT2D eigenvalue weighted by Crippen LogP contribution is -2.70. The highest BCUT2D eigenvalue weighted by molar-refractivity contribution is 6.03. The van der Waals surface area contributed by atoms with Gasteiger partial charge in [-0.15, -0.1) is 6.58 Å². The Labute approximate surface area is 395 Å². The van der Waals surface area contributed by atoms with Crippen molar-refractivity contribution >= 4 is 35.2 Å². The Hall–Kier alpha value is -6.31. The van der Waals surface area contributed by atoms with Crippen molar-refractivity contribution < 1.29 is 63.1 Å². The number of amides is 2. The van der Waals surface area contributed by atoms with E-state index in [0.29, 0.717) is 59.9 Å². The zero-order valence-electron chi connectivity index (χ0n) is 38.8. The monoisotopic (exact) mass is 942 g/mol. The summed E-state index contributed by atoms with van der Waals surface area (Å²) in [5, 5.41) is 48.2. The minimum absolute atomic E-state index is 0.00474. The van der Waals surface area contributed by atoms with E-state index < -0.39 is 40.6 Å². The zero-order chi connectivity index (χ0) is 48.6. The van der Waals surface area contributed by atoms with Crippen LogP contribution in [0.3, 0.4) is 0 Å². The molecule has 2 aliphatic carbocycles. The first-order chi connectivity index (χ1) is 33.0. The molecular formula is C50H62N4O14. The highest BCUT2D eigenvalue weighted by atomic mass is 16.7. The minimum atomic E-state index is -1.60. The van der Waals surface area contributed by atoms with Gasteiger partial charge >= 0.3 is 6.09 Å². The molecule has 2 amide bonds. The quantitative estimate of drug-likeness (QED) is 0.0220. The molecule has 0 bridgehead atoms. The van der Waals surface area contributed by atoms with Crippen molar-refractivity contribution in [2.75, 3.05) is 72.8 Å². The molecule has 18 heteroatoms. The second-order valence-corrected chi connectivity index (χ2v) is 16.6. The van der Waals surface area contributed by atoms with Crippen molar-refractivity contribution in [3.05, 3.63) is 112 Å². The van der Waals surface area contributed by atoms with E-state index in [1.807, 2.05) is 0 Å². The number of nitrogens with zero attached hydrogens (tertiary/aromatic N) is 3. The summed E-state index contributed by atoms with van der Waals surface area (Å²) in [4.78, 5) is 46.4. The molecule has 0 radical (unpaired) electrons. The van der Waals surface area contributed by atoms with Crippen LogP contribution < -0.4 is 24.3 Å². The van der Waals surface area contributed by atoms with Gasteiger partial charge in [-0.3, -0.25) is 20.2 Å². The number of oxime groups is 1. The SMILES string of the molecule is C=CCO[C@@]12Oc3ccc(OC(=O)Nc4ccc(OC)cc4OC)cc3[C@H]3[C@H](CCCCO)[C@@H](CCCCO)C=C(C(=NOC)C[C@@H]1N(CCOCCO)C(=O)C=Cc1ccc([N+](=O)[O-])cc1)[C@H]32. The maximum absolute atomic E-state index is 14.8. The Morgan fingerprint density at radius 3 is 2.38 bits per heavy atom. The molecule has 3 aliphatic rings. The topological polar surface area (TPSA) is 230 Å². The minimum Gasteiger partial charge on any atom is -0.497 e. The molecule has 3 aromatic rings. The van der Waals surface area contributed by atoms with Crippen LogP contribution in [-0.2, 0) is 19.1 Å². The number of nitro groups is 1. The molecule has 6 atom stereocenters. The predicted octanol–water partition coefficient (Wildman–Crippen LogP) is 7.04. The lowest BCUT2D eigenvalue weighted by Gasteiger charge is -2.60. The molecule has 4 N–H and O–H groups in total. The molecular weight excluding hydrogens is 881 g/mol. The number of aliphatic hydroxyl groups excluding tert-OH is 3. The van der Waals surface area contributed by atoms with Gasteiger partial charge in [-0.05, 0) is 97.2 Å². The fraction of sp³-hybridized carbons (Fsp3) is 0.460. The highest BCUT2D eigenvalue weighted by Gasteiger charge is 2.65. The summed E-state index contributed by atoms with van der Waals surface area (Å²) in [5.41, 5.74) is 2.92. The fourth-order valence-corrected chi connectivity index (χ4v) is 9.69. The number of carbonyl (C=O) groups excluding carboxylic acids is 2. The zero-order valence-corrected chi connectivity index (χ0v) is 38.8. The first-order valence-electron chi connectivity index (χ1n) is 22.8. The van der Waals surface area contributed by atoms with E-state index in [1.165, 1.54) is 39.5 Å². The summed E-state index contributed by atoms with van der Waals surface area (Å²) in [6.07, 6.45) is 10.1. The van der Waals surface area contributed by atoms with E-state index in [2.05, 4.69) is 23.1 Å². The number of aliphatic hydroxyl groups is 3. The predicted molar refractivity (Wildman–Crippen MR) is 253 cm³/mol. The smallest absolute Gasteiger partial charge is 0.417 e. The standard InChI is InChI=1S/C50H62N4O14/c1-5-26-66-50-45(53(22-27-65-28-25-57)46(58)21-14-33-12-15-35(16-13-33)54(60)61)32-42(52-64-4)39-29-34(10-6-8-23-55)38(11-7-9-24-56)47(48(39)50)40-30-37(18-20-43(40)68-50)67-49(59)51-41-19-17-36(62-2)31-44(41)63-3/h5,12-21,29-31,34,38,45,47-48,55-57H,1,6-11,22-28,32H2,2-4H3,(H,51,59)/t34-,38+,45-,47+,48+,50+/m0/s1. The first kappa shape index (κ1) is 51.1. The van der Waals surface area contributed by atoms with E-state index in [-0.39, 0.29) is 75.9 Å². The average molecular weight is 943 g/mol. The number of methoxy groups -OCH3 is 2. The van der Waals surface area contributed by atoms with Gasteiger partial charge in [0, 0.05) is 61.9 Å². The number of fused-ring (bicyclic) bond motifs is 2. The number of hydrogen-bond acceptors (Lipinski definition) is 15. The molecule has 1 heterocycles. The Bertz CT molecular complexity index is 2300. The number of nitrogens with one attached hydrogen (secondary N) is 1. The summed E-state index contributed by atoms with van der Waals surface area (Å²) < 4.78 is 36.7. The van der Waals surface area contributed by atoms with Crippen molar-refractivity contribution in [2.24, 2.45) is 22.9 Å². The Morgan fingerprint density at radius 1 is 0.956 bits per heavy atom. The molecule has 366 valence electrons. The van der Waals surface area contributed by atoms with Crippen LogP contribution in [0.25, 0.3) is 6.08 Å². The Morgan fingerprint density at radius 2 is 1.71 bits per heavy atom. The molecule has 0 spiro atoms. The van der Waals surface area contributed by atoms with E-state index in [0.717, 1.165) is 24.0 Å². The van der Waals surface area contributed by atoms with Gasteiger partial charge in [-0.1, -0.05) is 30.1 Å². The van der Waals surface area contributed by atoms with Gasteiger partial charge in [0.25, 0.3) is 5.69 Å². The number of benzene rings is 3. The summed E-state index contributed by atoms with van der Waals surface area (Å²) in [6, 6.07) is 15.0. The van der Waals surface area contributed by atoms with Crippen molar-refractivity contribution in [3.8, 4) is 23.0 Å². The number of nitro benzene ring substituents is 1. The third-order valence-corrected chi connectivity index (χ3v) is 12.6. The van der Waals surface area contributed by atoms with Gasteiger partial charge in [0.05, 0.1) is 62.9 Å². The number of hydrogen-bond donors (Lipinski definition) is 4. The molecule has 0 unspecified atom stereocenters. The van der Waals surface area contributed by atoms with Crippen LogP contribution >= 0.6 is 0 Å². The molecule has 18 nitrogen and oxygen atoms in total. The van der Waals surface area contributed by atoms with Crippen molar-refractivity contribution in [1.29, 1.82) is 0 Å². The van der Waals surface area contributed by atoms with Gasteiger partial charge in [0.2, 0.25) is 11.7 Å². The third kappa shape index (κ3) is 11.9. The number of ether oxygens (including phenoxy) is 6. The second-order valence-electron chi connectivity index (χ2n) is 16.6. The Balaban J connectivity index is 1.51. The Kier molecular flexibility index (Phi) is 18.5. The van der Waals surface area contributed by atoms with E-state index in [4.69, 9.17) is 33.3 Å². The number of unbranched alkanes of at least 4 members (excludes halogenated alkanes) is 2. The van der Waals surface area contributed by atoms with Crippen molar-refractivity contribution in [2.45, 2.75) is 62.7 Å². The number of anilines is 1. The molecule has 1 saturated carbocycles. The highest BCUT2D eigenvalue weighted by Crippen LogP contribution is 2.62. The van der Waals surface area contributed by atoms with Crippen LogP contribution in [-0.4, -0.2) is 122 Å². The van der Waals surface area contributed by atoms with Crippen LogP contribution in [0.2, 0.25) is 0 Å². The lowest BCUT2D eigenvalue weighted by molar-refractivity contribution is -0.384. The van der Waals surface area contributed by atoms with E-state index in [1.54, 1.807) is 65.6 Å². The molecule has 0 saturated heterocycles. The summed E-state index contributed by atoms with van der Waals surface area (Å²) in [5.74, 6) is -1.72. The number of carbonyl (C=O) groups is 2. The van der Waals surface area contributed by atoms with Crippen LogP contribution in [0.1, 0.15) is 62.0 Å². The fourth-order valence-electron chi connectivity index (χ4n) is 9.69. The van der Waals surface area contributed by atoms with Crippen molar-refractivity contribution in [1.82, 2.24) is 4.90 Å². The van der Waals surface area contributed by atoms with E-state index >= 15 is 0 Å². The summed E-state index contributed by atoms with van der Waals surface area (Å²) in [7, 11) is 4.46. The molecule has 1 fully saturated rings. The second kappa shape index (κ2) is 24.6. The van der Waals surface area contributed by atoms with Crippen LogP contribution in [0.4, 0.5) is 16.2 Å². The first-order valence-corrected chi connectivity index (χ1v) is 22.8. The molecule has 6 rings (SSSR count). The van der Waals surface area contributed by atoms with Crippen LogP contribution in [0, 0.1) is 27.9 Å². The number of non-ortho nitro benzene ring substituents is 1. The van der Waals surface area contributed by atoms with Crippen LogP contribution in [0.5, 0.6) is 23.0 Å². The largest absolute Gasteiger partial charge is 0.497 e. The maximum Gasteiger partial charge on any atom is 0.417 e. The molecule has 0 aromatic heterocycles. The molecule has 3 aromatic carbocycles. The summed E-state index contributed by atoms with van der Waals surface area (Å²) >= 11 is 0.